The van der Waals surface area contributed by atoms with Crippen LogP contribution >= 0.6 is 15.9 Å². The van der Waals surface area contributed by atoms with Crippen molar-refractivity contribution in [1.82, 2.24) is 5.32 Å². The topological polar surface area (TPSA) is 84.9 Å². The molecule has 0 heterocycles. The summed E-state index contributed by atoms with van der Waals surface area (Å²) >= 11 is 3.69. The summed E-state index contributed by atoms with van der Waals surface area (Å²) in [6, 6.07) is -0.151. The van der Waals surface area contributed by atoms with Gasteiger partial charge < -0.3 is 19.9 Å². The fourth-order valence-electron chi connectivity index (χ4n) is 6.05. The Bertz CT molecular complexity index is 718. The smallest absolute Gasteiger partial charge is 0.407 e. The number of halogens is 1. The molecule has 7 heteroatoms. The molecule has 3 unspecified atom stereocenters. The van der Waals surface area contributed by atoms with Crippen molar-refractivity contribution < 1.29 is 24.2 Å². The zero-order chi connectivity index (χ0) is 20.5. The minimum absolute atomic E-state index is 0.0599. The van der Waals surface area contributed by atoms with Crippen molar-refractivity contribution in [2.24, 2.45) is 16.7 Å². The van der Waals surface area contributed by atoms with Crippen molar-refractivity contribution in [3.05, 3.63) is 21.7 Å². The number of Topliss-reactive ketones (excluding diaryl/α,β-unsaturated/α-hetero) is 1. The lowest BCUT2D eigenvalue weighted by atomic mass is 9.61. The van der Waals surface area contributed by atoms with Crippen molar-refractivity contribution >= 4 is 27.8 Å². The highest BCUT2D eigenvalue weighted by Crippen LogP contribution is 2.68. The van der Waals surface area contributed by atoms with Crippen LogP contribution < -0.4 is 5.32 Å². The van der Waals surface area contributed by atoms with Crippen molar-refractivity contribution in [2.75, 3.05) is 26.9 Å². The van der Waals surface area contributed by atoms with Crippen LogP contribution in [0.3, 0.4) is 0 Å². The fraction of sp³-hybridized carbons (Fsp3) is 0.714. The molecule has 0 saturated heterocycles. The Morgan fingerprint density at radius 2 is 2.18 bits per heavy atom. The number of hydrogen-bond donors (Lipinski definition) is 2. The first kappa shape index (κ1) is 21.5. The molecule has 0 aliphatic heterocycles. The maximum Gasteiger partial charge on any atom is 0.407 e. The van der Waals surface area contributed by atoms with E-state index >= 15 is 0 Å². The molecule has 28 heavy (non-hydrogen) atoms. The number of ether oxygens (including phenoxy) is 2. The van der Waals surface area contributed by atoms with Crippen LogP contribution in [0.15, 0.2) is 21.7 Å². The van der Waals surface area contributed by atoms with Gasteiger partial charge in [0.15, 0.2) is 0 Å². The summed E-state index contributed by atoms with van der Waals surface area (Å²) in [5.41, 5.74) is 1.37. The van der Waals surface area contributed by atoms with E-state index in [1.807, 2.05) is 6.08 Å². The Hall–Kier alpha value is -1.18. The van der Waals surface area contributed by atoms with Gasteiger partial charge in [-0.15, -0.1) is 0 Å². The van der Waals surface area contributed by atoms with Gasteiger partial charge in [0.1, 0.15) is 5.78 Å². The second-order valence-electron chi connectivity index (χ2n) is 8.48. The predicted octanol–water partition coefficient (Wildman–Crippen LogP) is 3.48. The molecule has 0 aromatic carbocycles. The van der Waals surface area contributed by atoms with E-state index in [4.69, 9.17) is 9.47 Å². The van der Waals surface area contributed by atoms with E-state index in [9.17, 15) is 14.7 Å². The number of aliphatic hydroxyl groups excluding tert-OH is 1. The Morgan fingerprint density at radius 1 is 1.43 bits per heavy atom. The number of fused-ring (bicyclic) bond motifs is 1. The molecule has 3 aliphatic carbocycles. The van der Waals surface area contributed by atoms with Gasteiger partial charge in [0, 0.05) is 35.9 Å². The molecule has 2 bridgehead atoms. The van der Waals surface area contributed by atoms with Crippen molar-refractivity contribution in [3.63, 3.8) is 0 Å². The van der Waals surface area contributed by atoms with Crippen LogP contribution in [0, 0.1) is 16.7 Å². The van der Waals surface area contributed by atoms with Gasteiger partial charge in [0.05, 0.1) is 19.8 Å². The van der Waals surface area contributed by atoms with E-state index in [0.29, 0.717) is 32.5 Å². The van der Waals surface area contributed by atoms with E-state index in [1.54, 1.807) is 14.0 Å². The number of allylic oxidation sites excluding steroid dienone is 1. The summed E-state index contributed by atoms with van der Waals surface area (Å²) in [5, 5.41) is 13.3. The molecule has 6 nitrogen and oxygen atoms in total. The largest absolute Gasteiger partial charge is 0.450 e. The first-order chi connectivity index (χ1) is 13.3. The molecule has 0 radical (unpaired) electrons. The monoisotopic (exact) mass is 455 g/mol. The molecule has 2 fully saturated rings. The first-order valence-electron chi connectivity index (χ1n) is 9.94. The zero-order valence-corrected chi connectivity index (χ0v) is 18.4. The molecule has 2 N–H and O–H groups in total. The second-order valence-corrected chi connectivity index (χ2v) is 9.33. The maximum absolute atomic E-state index is 12.4. The number of alkyl carbamates (subject to hydrolysis) is 1. The zero-order valence-electron chi connectivity index (χ0n) is 16.8. The normalized spacial score (nSPS) is 35.0. The lowest BCUT2D eigenvalue weighted by Gasteiger charge is -2.43. The summed E-state index contributed by atoms with van der Waals surface area (Å²) in [5.74, 6) is 0.464. The number of methoxy groups -OCH3 is 1. The third-order valence-electron chi connectivity index (χ3n) is 6.78. The number of amides is 1. The highest BCUT2D eigenvalue weighted by Gasteiger charge is 2.65. The molecular weight excluding hydrogens is 426 g/mol. The molecule has 1 spiro atoms. The highest BCUT2D eigenvalue weighted by atomic mass is 79.9. The quantitative estimate of drug-likeness (QED) is 0.640. The standard InChI is InChI=1S/C21H30BrNO5/c1-4-28-19(26)23-18-15-6-5-14(25)10-21(15)9-13(11-24)17(20(18,2)12-21)16(22)7-8-27-3/h7,15,18,24H,4-6,8-12H2,1-3H3,(H,23,26)/b16-7+/t15?,18?,20?,21-/m1/s1. The second kappa shape index (κ2) is 8.28. The van der Waals surface area contributed by atoms with Gasteiger partial charge >= 0.3 is 6.09 Å². The number of carbonyl (C=O) groups is 2. The highest BCUT2D eigenvalue weighted by molar-refractivity contribution is 9.12. The van der Waals surface area contributed by atoms with Crippen molar-refractivity contribution in [1.29, 1.82) is 0 Å². The number of nitrogens with one attached hydrogen (secondary N) is 1. The number of rotatable bonds is 6. The fourth-order valence-corrected chi connectivity index (χ4v) is 6.91. The van der Waals surface area contributed by atoms with Gasteiger partial charge in [-0.05, 0) is 54.7 Å². The number of ketones is 1. The van der Waals surface area contributed by atoms with Gasteiger partial charge in [0.2, 0.25) is 0 Å². The number of aliphatic hydroxyl groups is 1. The summed E-state index contributed by atoms with van der Waals surface area (Å²) in [6.07, 6.45) is 4.84. The van der Waals surface area contributed by atoms with Crippen molar-refractivity contribution in [3.8, 4) is 0 Å². The molecule has 3 rings (SSSR count). The van der Waals surface area contributed by atoms with E-state index < -0.39 is 11.5 Å². The summed E-state index contributed by atoms with van der Waals surface area (Å²) in [4.78, 5) is 24.7. The van der Waals surface area contributed by atoms with Gasteiger partial charge in [-0.25, -0.2) is 4.79 Å². The lowest BCUT2D eigenvalue weighted by molar-refractivity contribution is -0.125. The molecule has 156 valence electrons. The Kier molecular flexibility index (Phi) is 6.37. The van der Waals surface area contributed by atoms with E-state index in [-0.39, 0.29) is 29.8 Å². The molecule has 3 aliphatic rings. The average Bonchev–Trinajstić information content (AvgIpc) is 2.82. The molecule has 1 amide bonds. The first-order valence-corrected chi connectivity index (χ1v) is 10.7. The van der Waals surface area contributed by atoms with Crippen molar-refractivity contribution in [2.45, 2.75) is 52.0 Å². The Labute approximate surface area is 174 Å². The van der Waals surface area contributed by atoms with Crippen LogP contribution in [0.4, 0.5) is 4.79 Å². The van der Waals surface area contributed by atoms with Crippen LogP contribution in [0.1, 0.15) is 46.0 Å². The van der Waals surface area contributed by atoms with Gasteiger partial charge in [-0.1, -0.05) is 22.9 Å². The van der Waals surface area contributed by atoms with Crippen LogP contribution in [0.2, 0.25) is 0 Å². The third kappa shape index (κ3) is 3.57. The van der Waals surface area contributed by atoms with E-state index in [2.05, 4.69) is 28.2 Å². The summed E-state index contributed by atoms with van der Waals surface area (Å²) in [7, 11) is 1.64. The molecule has 4 atom stereocenters. The summed E-state index contributed by atoms with van der Waals surface area (Å²) in [6.45, 7) is 4.62. The molecule has 0 aromatic rings. The van der Waals surface area contributed by atoms with Gasteiger partial charge in [-0.2, -0.15) is 0 Å². The Balaban J connectivity index is 2.09. The number of hydrogen-bond acceptors (Lipinski definition) is 5. The minimum atomic E-state index is -0.421. The van der Waals surface area contributed by atoms with Crippen LogP contribution in [-0.4, -0.2) is 50.0 Å². The van der Waals surface area contributed by atoms with E-state index in [0.717, 1.165) is 28.5 Å². The van der Waals surface area contributed by atoms with Crippen LogP contribution in [0.5, 0.6) is 0 Å². The SMILES string of the molecule is CCOC(=O)NC1C2CCC(=O)C[C@@]23CC(CO)=C(/C(Br)=C\COC)C1(C)C3. The predicted molar refractivity (Wildman–Crippen MR) is 109 cm³/mol. The third-order valence-corrected chi connectivity index (χ3v) is 7.50. The molecule has 0 aromatic heterocycles. The molecular formula is C21H30BrNO5. The van der Waals surface area contributed by atoms with Crippen LogP contribution in [-0.2, 0) is 14.3 Å². The molecule has 2 saturated carbocycles. The minimum Gasteiger partial charge on any atom is -0.450 e. The van der Waals surface area contributed by atoms with Gasteiger partial charge in [0.25, 0.3) is 0 Å². The lowest BCUT2D eigenvalue weighted by Crippen LogP contribution is -2.48. The van der Waals surface area contributed by atoms with E-state index in [1.165, 1.54) is 0 Å². The Morgan fingerprint density at radius 3 is 2.82 bits per heavy atom. The number of carbonyl (C=O) groups excluding carboxylic acids is 2. The maximum atomic E-state index is 12.4. The van der Waals surface area contributed by atoms with Crippen LogP contribution in [0.25, 0.3) is 0 Å². The summed E-state index contributed by atoms with van der Waals surface area (Å²) < 4.78 is 11.3. The average molecular weight is 456 g/mol. The van der Waals surface area contributed by atoms with Gasteiger partial charge in [-0.3, -0.25) is 4.79 Å².